The summed E-state index contributed by atoms with van der Waals surface area (Å²) in [5.74, 6) is -1.22. The van der Waals surface area contributed by atoms with E-state index in [0.717, 1.165) is 12.1 Å². The molecule has 1 aromatic heterocycles. The lowest BCUT2D eigenvalue weighted by atomic mass is 10.1. The van der Waals surface area contributed by atoms with Gasteiger partial charge in [-0.2, -0.15) is 13.2 Å². The normalized spacial score (nSPS) is 18.8. The number of likely N-dealkylation sites (tertiary alicyclic amines) is 1. The second kappa shape index (κ2) is 8.60. The van der Waals surface area contributed by atoms with Crippen molar-refractivity contribution >= 4 is 23.4 Å². The highest BCUT2D eigenvalue weighted by Gasteiger charge is 2.34. The van der Waals surface area contributed by atoms with E-state index in [4.69, 9.17) is 0 Å². The van der Waals surface area contributed by atoms with Gasteiger partial charge in [0, 0.05) is 49.5 Å². The van der Waals surface area contributed by atoms with Crippen LogP contribution in [0.4, 0.5) is 18.9 Å². The average Bonchev–Trinajstić information content (AvgIpc) is 3.42. The van der Waals surface area contributed by atoms with E-state index in [1.165, 1.54) is 17.2 Å². The third-order valence-electron chi connectivity index (χ3n) is 5.59. The Hall–Kier alpha value is -3.43. The van der Waals surface area contributed by atoms with Crippen molar-refractivity contribution < 1.29 is 27.6 Å². The number of rotatable bonds is 4. The molecule has 1 aromatic carbocycles. The van der Waals surface area contributed by atoms with Crippen LogP contribution in [-0.4, -0.2) is 53.3 Å². The first-order valence-electron chi connectivity index (χ1n) is 10.3. The predicted molar refractivity (Wildman–Crippen MR) is 109 cm³/mol. The van der Waals surface area contributed by atoms with Crippen molar-refractivity contribution in [2.75, 3.05) is 24.5 Å². The van der Waals surface area contributed by atoms with Gasteiger partial charge in [0.05, 0.1) is 5.56 Å². The van der Waals surface area contributed by atoms with Crippen LogP contribution in [0, 0.1) is 0 Å². The smallest absolute Gasteiger partial charge is 0.347 e. The Kier molecular flexibility index (Phi) is 5.86. The lowest BCUT2D eigenvalue weighted by molar-refractivity contribution is -0.137. The van der Waals surface area contributed by atoms with Gasteiger partial charge in [-0.25, -0.2) is 0 Å². The van der Waals surface area contributed by atoms with Gasteiger partial charge >= 0.3 is 6.18 Å². The number of hydrogen-bond acceptors (Lipinski definition) is 4. The molecule has 2 aromatic rings. The van der Waals surface area contributed by atoms with Gasteiger partial charge in [0.25, 0.3) is 11.8 Å². The van der Waals surface area contributed by atoms with E-state index in [0.29, 0.717) is 25.9 Å². The Morgan fingerprint density at radius 1 is 1.12 bits per heavy atom. The highest BCUT2D eigenvalue weighted by molar-refractivity contribution is 5.99. The zero-order valence-electron chi connectivity index (χ0n) is 17.1. The number of carbonyl (C=O) groups is 3. The minimum Gasteiger partial charge on any atom is -0.347 e. The number of amides is 3. The maximum atomic E-state index is 13.4. The number of alkyl halides is 3. The van der Waals surface area contributed by atoms with Crippen molar-refractivity contribution in [3.63, 3.8) is 0 Å². The van der Waals surface area contributed by atoms with E-state index in [-0.39, 0.29) is 41.7 Å². The van der Waals surface area contributed by atoms with E-state index in [9.17, 15) is 27.6 Å². The van der Waals surface area contributed by atoms with Crippen LogP contribution in [0.3, 0.4) is 0 Å². The highest BCUT2D eigenvalue weighted by atomic mass is 19.4. The van der Waals surface area contributed by atoms with Crippen molar-refractivity contribution in [2.45, 2.75) is 31.5 Å². The van der Waals surface area contributed by atoms with Gasteiger partial charge in [-0.05, 0) is 43.2 Å². The summed E-state index contributed by atoms with van der Waals surface area (Å²) in [4.78, 5) is 44.2. The first-order valence-corrected chi connectivity index (χ1v) is 10.3. The largest absolute Gasteiger partial charge is 0.416 e. The van der Waals surface area contributed by atoms with Crippen LogP contribution in [0.15, 0.2) is 42.6 Å². The molecule has 4 rings (SSSR count). The molecule has 2 aliphatic rings. The molecule has 7 nitrogen and oxygen atoms in total. The molecule has 1 atom stereocenters. The summed E-state index contributed by atoms with van der Waals surface area (Å²) in [6, 6.07) is 7.57. The van der Waals surface area contributed by atoms with E-state index < -0.39 is 23.7 Å². The summed E-state index contributed by atoms with van der Waals surface area (Å²) in [7, 11) is 0. The Morgan fingerprint density at radius 3 is 2.59 bits per heavy atom. The molecule has 0 saturated carbocycles. The number of anilines is 1. The standard InChI is InChI=1S/C22H21F3N4O3/c23-22(24,25)15-10-14(11-17(12-15)29-8-3-5-19(29)30)20(31)27-16-6-9-28(13-16)21(32)18-4-1-2-7-26-18/h1-2,4,7,10-12,16H,3,5-6,8-9,13H2,(H,27,31)/t16-/m1/s1. The number of halogens is 3. The molecule has 0 aliphatic carbocycles. The molecule has 2 fully saturated rings. The molecular formula is C22H21F3N4O3. The van der Waals surface area contributed by atoms with E-state index in [1.807, 2.05) is 0 Å². The lowest BCUT2D eigenvalue weighted by Crippen LogP contribution is -2.38. The van der Waals surface area contributed by atoms with Crippen LogP contribution in [0.2, 0.25) is 0 Å². The van der Waals surface area contributed by atoms with Gasteiger partial charge < -0.3 is 15.1 Å². The number of pyridine rings is 1. The van der Waals surface area contributed by atoms with E-state index in [2.05, 4.69) is 10.3 Å². The molecule has 1 N–H and O–H groups in total. The molecule has 2 aliphatic heterocycles. The van der Waals surface area contributed by atoms with E-state index in [1.54, 1.807) is 23.1 Å². The Labute approximate surface area is 182 Å². The number of nitrogens with zero attached hydrogens (tertiary/aromatic N) is 3. The fourth-order valence-corrected chi connectivity index (χ4v) is 3.97. The van der Waals surface area contributed by atoms with Gasteiger partial charge in [0.1, 0.15) is 5.69 Å². The summed E-state index contributed by atoms with van der Waals surface area (Å²) in [6.07, 6.45) is -1.86. The van der Waals surface area contributed by atoms with Crippen molar-refractivity contribution in [3.8, 4) is 0 Å². The van der Waals surface area contributed by atoms with Crippen LogP contribution in [0.25, 0.3) is 0 Å². The van der Waals surface area contributed by atoms with Crippen molar-refractivity contribution in [1.82, 2.24) is 15.2 Å². The molecule has 168 valence electrons. The average molecular weight is 446 g/mol. The fraction of sp³-hybridized carbons (Fsp3) is 0.364. The Morgan fingerprint density at radius 2 is 1.94 bits per heavy atom. The molecule has 10 heteroatoms. The zero-order valence-corrected chi connectivity index (χ0v) is 17.1. The topological polar surface area (TPSA) is 82.6 Å². The molecule has 2 saturated heterocycles. The maximum absolute atomic E-state index is 13.4. The van der Waals surface area contributed by atoms with Crippen molar-refractivity contribution in [1.29, 1.82) is 0 Å². The molecular weight excluding hydrogens is 425 g/mol. The van der Waals surface area contributed by atoms with Crippen LogP contribution in [0.5, 0.6) is 0 Å². The van der Waals surface area contributed by atoms with Crippen molar-refractivity contribution in [2.24, 2.45) is 0 Å². The number of carbonyl (C=O) groups excluding carboxylic acids is 3. The molecule has 32 heavy (non-hydrogen) atoms. The van der Waals surface area contributed by atoms with Crippen LogP contribution in [0.1, 0.15) is 45.7 Å². The summed E-state index contributed by atoms with van der Waals surface area (Å²) in [5, 5.41) is 2.72. The second-order valence-electron chi connectivity index (χ2n) is 7.84. The summed E-state index contributed by atoms with van der Waals surface area (Å²) >= 11 is 0. The van der Waals surface area contributed by atoms with Crippen LogP contribution < -0.4 is 10.2 Å². The van der Waals surface area contributed by atoms with E-state index >= 15 is 0 Å². The monoisotopic (exact) mass is 446 g/mol. The minimum absolute atomic E-state index is 0.0610. The number of benzene rings is 1. The molecule has 3 amide bonds. The fourth-order valence-electron chi connectivity index (χ4n) is 3.97. The summed E-state index contributed by atoms with van der Waals surface area (Å²) in [6.45, 7) is 0.947. The predicted octanol–water partition coefficient (Wildman–Crippen LogP) is 2.87. The van der Waals surface area contributed by atoms with Gasteiger partial charge in [-0.1, -0.05) is 6.07 Å². The lowest BCUT2D eigenvalue weighted by Gasteiger charge is -2.20. The molecule has 3 heterocycles. The van der Waals surface area contributed by atoms with Gasteiger partial charge in [0.15, 0.2) is 0 Å². The molecule has 0 unspecified atom stereocenters. The van der Waals surface area contributed by atoms with Gasteiger partial charge in [0.2, 0.25) is 5.91 Å². The van der Waals surface area contributed by atoms with Crippen LogP contribution >= 0.6 is 0 Å². The quantitative estimate of drug-likeness (QED) is 0.783. The maximum Gasteiger partial charge on any atom is 0.416 e. The van der Waals surface area contributed by atoms with Gasteiger partial charge in [-0.3, -0.25) is 19.4 Å². The third-order valence-corrected chi connectivity index (χ3v) is 5.59. The van der Waals surface area contributed by atoms with Gasteiger partial charge in [-0.15, -0.1) is 0 Å². The molecule has 0 radical (unpaired) electrons. The number of nitrogens with one attached hydrogen (secondary N) is 1. The molecule has 0 bridgehead atoms. The SMILES string of the molecule is O=C(N[C@@H]1CCN(C(=O)c2ccccn2)C1)c1cc(N2CCCC2=O)cc(C(F)(F)F)c1. The first kappa shape index (κ1) is 21.8. The Bertz CT molecular complexity index is 1040. The zero-order chi connectivity index (χ0) is 22.9. The number of hydrogen-bond donors (Lipinski definition) is 1. The Balaban J connectivity index is 1.49. The third kappa shape index (κ3) is 4.58. The minimum atomic E-state index is -4.66. The summed E-state index contributed by atoms with van der Waals surface area (Å²) in [5.41, 5.74) is -0.814. The number of aromatic nitrogens is 1. The molecule has 0 spiro atoms. The van der Waals surface area contributed by atoms with Crippen molar-refractivity contribution in [3.05, 3.63) is 59.4 Å². The van der Waals surface area contributed by atoms with Crippen LogP contribution in [-0.2, 0) is 11.0 Å². The first-order chi connectivity index (χ1) is 15.2. The summed E-state index contributed by atoms with van der Waals surface area (Å²) < 4.78 is 40.2. The highest BCUT2D eigenvalue weighted by Crippen LogP contribution is 2.34. The second-order valence-corrected chi connectivity index (χ2v) is 7.84.